The number of rotatable bonds is 7. The first-order valence-electron chi connectivity index (χ1n) is 6.74. The number of hydrogen-bond acceptors (Lipinski definition) is 6. The van der Waals surface area contributed by atoms with Crippen LogP contribution in [-0.2, 0) is 0 Å². The predicted molar refractivity (Wildman–Crippen MR) is 85.6 cm³/mol. The SMILES string of the molecule is CC(C)NC(=O)c1c(N)nsc1N(C)CCCN(C)C. The molecule has 0 aliphatic rings. The highest BCUT2D eigenvalue weighted by molar-refractivity contribution is 7.11. The van der Waals surface area contributed by atoms with Crippen molar-refractivity contribution in [2.45, 2.75) is 26.3 Å². The van der Waals surface area contributed by atoms with E-state index in [1.54, 1.807) is 0 Å². The maximum absolute atomic E-state index is 12.2. The third kappa shape index (κ3) is 4.64. The third-order valence-electron chi connectivity index (χ3n) is 2.79. The van der Waals surface area contributed by atoms with E-state index in [1.807, 2.05) is 39.9 Å². The van der Waals surface area contributed by atoms with Crippen molar-refractivity contribution in [1.29, 1.82) is 0 Å². The largest absolute Gasteiger partial charge is 0.382 e. The van der Waals surface area contributed by atoms with E-state index < -0.39 is 0 Å². The van der Waals surface area contributed by atoms with Crippen molar-refractivity contribution in [3.05, 3.63) is 5.56 Å². The summed E-state index contributed by atoms with van der Waals surface area (Å²) in [6.07, 6.45) is 1.02. The number of carbonyl (C=O) groups excluding carboxylic acids is 1. The van der Waals surface area contributed by atoms with Crippen LogP contribution in [0.3, 0.4) is 0 Å². The Morgan fingerprint density at radius 2 is 2.00 bits per heavy atom. The molecular weight excluding hydrogens is 274 g/mol. The zero-order valence-corrected chi connectivity index (χ0v) is 13.8. The second-order valence-electron chi connectivity index (χ2n) is 5.45. The maximum atomic E-state index is 12.2. The molecule has 1 rings (SSSR count). The molecule has 0 unspecified atom stereocenters. The molecule has 0 aromatic carbocycles. The van der Waals surface area contributed by atoms with Crippen LogP contribution in [0.15, 0.2) is 0 Å². The Morgan fingerprint density at radius 3 is 2.55 bits per heavy atom. The van der Waals surface area contributed by atoms with Crippen LogP contribution in [0.2, 0.25) is 0 Å². The van der Waals surface area contributed by atoms with Gasteiger partial charge in [0.1, 0.15) is 10.6 Å². The van der Waals surface area contributed by atoms with Gasteiger partial charge < -0.3 is 20.9 Å². The Kier molecular flexibility index (Phi) is 6.22. The number of anilines is 2. The van der Waals surface area contributed by atoms with E-state index in [0.717, 1.165) is 24.5 Å². The minimum atomic E-state index is -0.152. The van der Waals surface area contributed by atoms with Crippen molar-refractivity contribution in [2.24, 2.45) is 0 Å². The molecule has 0 aliphatic carbocycles. The Bertz CT molecular complexity index is 444. The van der Waals surface area contributed by atoms with Gasteiger partial charge in [-0.2, -0.15) is 4.37 Å². The molecule has 0 saturated carbocycles. The van der Waals surface area contributed by atoms with Gasteiger partial charge in [-0.05, 0) is 52.4 Å². The maximum Gasteiger partial charge on any atom is 0.258 e. The number of nitrogens with two attached hydrogens (primary N) is 1. The molecule has 3 N–H and O–H groups in total. The molecule has 0 spiro atoms. The van der Waals surface area contributed by atoms with Crippen molar-refractivity contribution in [3.63, 3.8) is 0 Å². The molecule has 0 saturated heterocycles. The average Bonchev–Trinajstić information content (AvgIpc) is 2.69. The standard InChI is InChI=1S/C13H25N5OS/c1-9(2)15-12(19)10-11(14)16-20-13(10)18(5)8-6-7-17(3)4/h9H,6-8H2,1-5H3,(H2,14,16)(H,15,19). The fourth-order valence-electron chi connectivity index (χ4n) is 1.83. The van der Waals surface area contributed by atoms with Gasteiger partial charge in [0.05, 0.1) is 0 Å². The molecule has 0 bridgehead atoms. The molecule has 1 aromatic rings. The van der Waals surface area contributed by atoms with E-state index >= 15 is 0 Å². The highest BCUT2D eigenvalue weighted by atomic mass is 32.1. The molecule has 114 valence electrons. The van der Waals surface area contributed by atoms with Crippen molar-refractivity contribution < 1.29 is 4.79 Å². The van der Waals surface area contributed by atoms with E-state index in [0.29, 0.717) is 11.4 Å². The van der Waals surface area contributed by atoms with Gasteiger partial charge in [-0.3, -0.25) is 4.79 Å². The van der Waals surface area contributed by atoms with Crippen LogP contribution in [0.5, 0.6) is 0 Å². The predicted octanol–water partition coefficient (Wildman–Crippen LogP) is 1.25. The van der Waals surface area contributed by atoms with Crippen LogP contribution in [0.1, 0.15) is 30.6 Å². The van der Waals surface area contributed by atoms with E-state index in [1.165, 1.54) is 11.5 Å². The molecule has 7 heteroatoms. The van der Waals surface area contributed by atoms with Gasteiger partial charge in [0.2, 0.25) is 0 Å². The normalized spacial score (nSPS) is 11.2. The Hall–Kier alpha value is -1.34. The van der Waals surface area contributed by atoms with Crippen LogP contribution in [0, 0.1) is 0 Å². The minimum absolute atomic E-state index is 0.0775. The lowest BCUT2D eigenvalue weighted by Crippen LogP contribution is -2.32. The zero-order valence-electron chi connectivity index (χ0n) is 12.9. The fraction of sp³-hybridized carbons (Fsp3) is 0.692. The smallest absolute Gasteiger partial charge is 0.258 e. The van der Waals surface area contributed by atoms with Crippen molar-refractivity contribution in [1.82, 2.24) is 14.6 Å². The topological polar surface area (TPSA) is 74.5 Å². The number of nitrogens with zero attached hydrogens (tertiary/aromatic N) is 3. The fourth-order valence-corrected chi connectivity index (χ4v) is 2.62. The van der Waals surface area contributed by atoms with Gasteiger partial charge in [0, 0.05) is 19.6 Å². The highest BCUT2D eigenvalue weighted by Crippen LogP contribution is 2.29. The molecule has 6 nitrogen and oxygen atoms in total. The lowest BCUT2D eigenvalue weighted by molar-refractivity contribution is 0.0945. The van der Waals surface area contributed by atoms with Crippen LogP contribution >= 0.6 is 11.5 Å². The summed E-state index contributed by atoms with van der Waals surface area (Å²) in [5, 5.41) is 3.70. The number of nitrogens with one attached hydrogen (secondary N) is 1. The summed E-state index contributed by atoms with van der Waals surface area (Å²) in [6, 6.07) is 0.0775. The van der Waals surface area contributed by atoms with Crippen LogP contribution in [0.4, 0.5) is 10.8 Å². The first-order valence-corrected chi connectivity index (χ1v) is 7.52. The Balaban J connectivity index is 2.77. The van der Waals surface area contributed by atoms with Gasteiger partial charge in [0.25, 0.3) is 5.91 Å². The van der Waals surface area contributed by atoms with Gasteiger partial charge in [-0.15, -0.1) is 0 Å². The van der Waals surface area contributed by atoms with Gasteiger partial charge in [0.15, 0.2) is 5.82 Å². The summed E-state index contributed by atoms with van der Waals surface area (Å²) in [5.41, 5.74) is 6.33. The number of nitrogen functional groups attached to an aromatic ring is 1. The second kappa shape index (κ2) is 7.44. The number of hydrogen-bond donors (Lipinski definition) is 2. The molecule has 0 radical (unpaired) electrons. The van der Waals surface area contributed by atoms with Crippen LogP contribution in [0.25, 0.3) is 0 Å². The third-order valence-corrected chi connectivity index (χ3v) is 3.77. The second-order valence-corrected chi connectivity index (χ2v) is 6.21. The van der Waals surface area contributed by atoms with Crippen molar-refractivity contribution >= 4 is 28.3 Å². The first kappa shape index (κ1) is 16.7. The molecule has 0 atom stereocenters. The number of amides is 1. The first-order chi connectivity index (χ1) is 9.32. The molecule has 1 heterocycles. The van der Waals surface area contributed by atoms with Crippen LogP contribution in [-0.4, -0.2) is 55.5 Å². The number of aromatic nitrogens is 1. The molecule has 0 fully saturated rings. The molecule has 1 aromatic heterocycles. The van der Waals surface area contributed by atoms with Gasteiger partial charge >= 0.3 is 0 Å². The monoisotopic (exact) mass is 299 g/mol. The summed E-state index contributed by atoms with van der Waals surface area (Å²) in [4.78, 5) is 16.4. The van der Waals surface area contributed by atoms with Crippen molar-refractivity contribution in [2.75, 3.05) is 44.9 Å². The van der Waals surface area contributed by atoms with Gasteiger partial charge in [-0.25, -0.2) is 0 Å². The Labute approximate surface area is 125 Å². The summed E-state index contributed by atoms with van der Waals surface area (Å²) in [7, 11) is 6.06. The van der Waals surface area contributed by atoms with Gasteiger partial charge in [-0.1, -0.05) is 0 Å². The quantitative estimate of drug-likeness (QED) is 0.792. The Morgan fingerprint density at radius 1 is 1.35 bits per heavy atom. The average molecular weight is 299 g/mol. The van der Waals surface area contributed by atoms with E-state index in [9.17, 15) is 4.79 Å². The number of carbonyl (C=O) groups is 1. The minimum Gasteiger partial charge on any atom is -0.382 e. The lowest BCUT2D eigenvalue weighted by atomic mass is 10.2. The molecule has 0 aliphatic heterocycles. The zero-order chi connectivity index (χ0) is 15.3. The van der Waals surface area contributed by atoms with E-state index in [4.69, 9.17) is 5.73 Å². The van der Waals surface area contributed by atoms with E-state index in [-0.39, 0.29) is 11.9 Å². The summed E-state index contributed by atoms with van der Waals surface area (Å²) in [6.45, 7) is 5.72. The van der Waals surface area contributed by atoms with Crippen molar-refractivity contribution in [3.8, 4) is 0 Å². The lowest BCUT2D eigenvalue weighted by Gasteiger charge is -2.20. The molecule has 20 heavy (non-hydrogen) atoms. The summed E-state index contributed by atoms with van der Waals surface area (Å²) >= 11 is 1.28. The van der Waals surface area contributed by atoms with Crippen LogP contribution < -0.4 is 16.0 Å². The summed E-state index contributed by atoms with van der Waals surface area (Å²) in [5.74, 6) is 0.156. The highest BCUT2D eigenvalue weighted by Gasteiger charge is 2.22. The summed E-state index contributed by atoms with van der Waals surface area (Å²) < 4.78 is 4.12. The van der Waals surface area contributed by atoms with E-state index in [2.05, 4.69) is 14.6 Å². The molecule has 1 amide bonds. The molecular formula is C13H25N5OS.